The SMILES string of the molecule is Cc1ccc2c(C(=O)c3ccccc3)c(O)c(-c3ccccc3)nc2c1. The van der Waals surface area contributed by atoms with E-state index in [2.05, 4.69) is 4.98 Å². The van der Waals surface area contributed by atoms with Crippen LogP contribution in [-0.4, -0.2) is 15.9 Å². The van der Waals surface area contributed by atoms with Gasteiger partial charge in [-0.3, -0.25) is 4.79 Å². The summed E-state index contributed by atoms with van der Waals surface area (Å²) in [6.07, 6.45) is 0. The first-order valence-corrected chi connectivity index (χ1v) is 8.43. The maximum Gasteiger partial charge on any atom is 0.197 e. The Morgan fingerprint density at radius 2 is 1.54 bits per heavy atom. The average molecular weight is 339 g/mol. The minimum atomic E-state index is -0.212. The van der Waals surface area contributed by atoms with Crippen molar-refractivity contribution < 1.29 is 9.90 Å². The lowest BCUT2D eigenvalue weighted by atomic mass is 9.95. The molecule has 26 heavy (non-hydrogen) atoms. The van der Waals surface area contributed by atoms with Crippen molar-refractivity contribution in [3.05, 3.63) is 95.6 Å². The molecule has 0 aliphatic heterocycles. The first kappa shape index (κ1) is 16.0. The fourth-order valence-electron chi connectivity index (χ4n) is 3.13. The van der Waals surface area contributed by atoms with E-state index in [1.807, 2.05) is 73.7 Å². The summed E-state index contributed by atoms with van der Waals surface area (Å²) in [5, 5.41) is 11.6. The minimum Gasteiger partial charge on any atom is -0.505 e. The van der Waals surface area contributed by atoms with Crippen LogP contribution in [-0.2, 0) is 0 Å². The molecule has 3 aromatic carbocycles. The molecule has 0 saturated heterocycles. The summed E-state index contributed by atoms with van der Waals surface area (Å²) in [7, 11) is 0. The van der Waals surface area contributed by atoms with Crippen LogP contribution in [0, 0.1) is 6.92 Å². The van der Waals surface area contributed by atoms with Gasteiger partial charge in [-0.15, -0.1) is 0 Å². The average Bonchev–Trinajstić information content (AvgIpc) is 2.68. The van der Waals surface area contributed by atoms with Gasteiger partial charge in [0.15, 0.2) is 11.5 Å². The third-order valence-corrected chi connectivity index (χ3v) is 4.43. The maximum absolute atomic E-state index is 13.2. The van der Waals surface area contributed by atoms with E-state index >= 15 is 0 Å². The van der Waals surface area contributed by atoms with Gasteiger partial charge in [-0.2, -0.15) is 0 Å². The second-order valence-electron chi connectivity index (χ2n) is 6.27. The lowest BCUT2D eigenvalue weighted by molar-refractivity contribution is 0.103. The van der Waals surface area contributed by atoms with Crippen LogP contribution in [0.3, 0.4) is 0 Å². The van der Waals surface area contributed by atoms with Crippen molar-refractivity contribution >= 4 is 16.7 Å². The molecule has 1 N–H and O–H groups in total. The van der Waals surface area contributed by atoms with Crippen LogP contribution >= 0.6 is 0 Å². The van der Waals surface area contributed by atoms with Crippen LogP contribution in [0.15, 0.2) is 78.9 Å². The number of benzene rings is 3. The van der Waals surface area contributed by atoms with E-state index in [1.54, 1.807) is 12.1 Å². The van der Waals surface area contributed by atoms with Gasteiger partial charge < -0.3 is 5.11 Å². The third-order valence-electron chi connectivity index (χ3n) is 4.43. The van der Waals surface area contributed by atoms with Crippen LogP contribution in [0.5, 0.6) is 5.75 Å². The number of fused-ring (bicyclic) bond motifs is 1. The highest BCUT2D eigenvalue weighted by Crippen LogP contribution is 2.36. The van der Waals surface area contributed by atoms with Crippen molar-refractivity contribution in [2.45, 2.75) is 6.92 Å². The quantitative estimate of drug-likeness (QED) is 0.525. The molecule has 126 valence electrons. The van der Waals surface area contributed by atoms with Gasteiger partial charge in [-0.05, 0) is 18.6 Å². The number of rotatable bonds is 3. The van der Waals surface area contributed by atoms with Crippen molar-refractivity contribution in [2.75, 3.05) is 0 Å². The molecule has 1 heterocycles. The molecule has 0 amide bonds. The molecule has 1 aromatic heterocycles. The molecule has 0 bridgehead atoms. The zero-order valence-corrected chi connectivity index (χ0v) is 14.3. The summed E-state index contributed by atoms with van der Waals surface area (Å²) in [6, 6.07) is 24.1. The Bertz CT molecular complexity index is 1100. The predicted molar refractivity (Wildman–Crippen MR) is 103 cm³/mol. The maximum atomic E-state index is 13.2. The molecule has 4 rings (SSSR count). The van der Waals surface area contributed by atoms with E-state index in [4.69, 9.17) is 0 Å². The van der Waals surface area contributed by atoms with E-state index < -0.39 is 0 Å². The largest absolute Gasteiger partial charge is 0.505 e. The Kier molecular flexibility index (Phi) is 3.98. The molecular formula is C23H17NO2. The smallest absolute Gasteiger partial charge is 0.197 e. The van der Waals surface area contributed by atoms with Crippen molar-refractivity contribution in [1.29, 1.82) is 0 Å². The number of nitrogens with zero attached hydrogens (tertiary/aromatic N) is 1. The van der Waals surface area contributed by atoms with Crippen LogP contribution in [0.25, 0.3) is 22.2 Å². The number of aromatic hydroxyl groups is 1. The zero-order valence-electron chi connectivity index (χ0n) is 14.3. The molecule has 0 radical (unpaired) electrons. The Hall–Kier alpha value is -3.46. The normalized spacial score (nSPS) is 10.8. The van der Waals surface area contributed by atoms with Gasteiger partial charge in [0.2, 0.25) is 0 Å². The molecule has 0 atom stereocenters. The van der Waals surface area contributed by atoms with Gasteiger partial charge in [-0.25, -0.2) is 4.98 Å². The number of carbonyl (C=O) groups is 1. The molecule has 0 aliphatic carbocycles. The van der Waals surface area contributed by atoms with Crippen LogP contribution in [0.2, 0.25) is 0 Å². The third kappa shape index (κ3) is 2.74. The first-order chi connectivity index (χ1) is 12.6. The molecule has 0 saturated carbocycles. The summed E-state index contributed by atoms with van der Waals surface area (Å²) in [5.41, 5.74) is 3.77. The highest BCUT2D eigenvalue weighted by Gasteiger charge is 2.22. The molecule has 0 spiro atoms. The summed E-state index contributed by atoms with van der Waals surface area (Å²) in [6.45, 7) is 1.98. The zero-order chi connectivity index (χ0) is 18.1. The summed E-state index contributed by atoms with van der Waals surface area (Å²) in [5.74, 6) is -0.294. The molecule has 0 fully saturated rings. The highest BCUT2D eigenvalue weighted by molar-refractivity contribution is 6.18. The van der Waals surface area contributed by atoms with Crippen LogP contribution in [0.4, 0.5) is 0 Å². The Balaban J connectivity index is 2.04. The fraction of sp³-hybridized carbons (Fsp3) is 0.0435. The summed E-state index contributed by atoms with van der Waals surface area (Å²) >= 11 is 0. The number of carbonyl (C=O) groups excluding carboxylic acids is 1. The van der Waals surface area contributed by atoms with Gasteiger partial charge in [0.05, 0.1) is 11.1 Å². The van der Waals surface area contributed by atoms with E-state index in [0.29, 0.717) is 27.7 Å². The number of ketones is 1. The molecule has 4 aromatic rings. The van der Waals surface area contributed by atoms with Crippen LogP contribution in [0.1, 0.15) is 21.5 Å². The van der Waals surface area contributed by atoms with Gasteiger partial charge >= 0.3 is 0 Å². The number of pyridine rings is 1. The summed E-state index contributed by atoms with van der Waals surface area (Å²) in [4.78, 5) is 17.8. The van der Waals surface area contributed by atoms with Gasteiger partial charge in [0.1, 0.15) is 5.69 Å². The van der Waals surface area contributed by atoms with Crippen molar-refractivity contribution in [3.8, 4) is 17.0 Å². The number of hydrogen-bond acceptors (Lipinski definition) is 3. The second-order valence-corrected chi connectivity index (χ2v) is 6.27. The number of aryl methyl sites for hydroxylation is 1. The van der Waals surface area contributed by atoms with E-state index in [9.17, 15) is 9.90 Å². The standard InChI is InChI=1S/C23H17NO2/c1-15-12-13-18-19(14-15)24-21(16-8-4-2-5-9-16)23(26)20(18)22(25)17-10-6-3-7-11-17/h2-14,26H,1H3. The Labute approximate surface area is 151 Å². The minimum absolute atomic E-state index is 0.0820. The molecular weight excluding hydrogens is 322 g/mol. The van der Waals surface area contributed by atoms with Crippen LogP contribution < -0.4 is 0 Å². The topological polar surface area (TPSA) is 50.2 Å². The van der Waals surface area contributed by atoms with Crippen molar-refractivity contribution in [1.82, 2.24) is 4.98 Å². The predicted octanol–water partition coefficient (Wildman–Crippen LogP) is 5.15. The van der Waals surface area contributed by atoms with Gasteiger partial charge in [0, 0.05) is 16.5 Å². The molecule has 0 unspecified atom stereocenters. The van der Waals surface area contributed by atoms with E-state index in [0.717, 1.165) is 11.1 Å². The number of hydrogen-bond donors (Lipinski definition) is 1. The Morgan fingerprint density at radius 3 is 2.23 bits per heavy atom. The first-order valence-electron chi connectivity index (χ1n) is 8.43. The second kappa shape index (κ2) is 6.45. The van der Waals surface area contributed by atoms with Gasteiger partial charge in [-0.1, -0.05) is 72.8 Å². The summed E-state index contributed by atoms with van der Waals surface area (Å²) < 4.78 is 0. The van der Waals surface area contributed by atoms with E-state index in [1.165, 1.54) is 0 Å². The Morgan fingerprint density at radius 1 is 0.885 bits per heavy atom. The number of aromatic nitrogens is 1. The van der Waals surface area contributed by atoms with Crippen molar-refractivity contribution in [2.24, 2.45) is 0 Å². The lowest BCUT2D eigenvalue weighted by Gasteiger charge is -2.13. The monoisotopic (exact) mass is 339 g/mol. The van der Waals surface area contributed by atoms with Gasteiger partial charge in [0.25, 0.3) is 0 Å². The van der Waals surface area contributed by atoms with E-state index in [-0.39, 0.29) is 11.5 Å². The molecule has 3 nitrogen and oxygen atoms in total. The van der Waals surface area contributed by atoms with Crippen molar-refractivity contribution in [3.63, 3.8) is 0 Å². The highest BCUT2D eigenvalue weighted by atomic mass is 16.3. The lowest BCUT2D eigenvalue weighted by Crippen LogP contribution is -2.05. The molecule has 3 heteroatoms. The fourth-order valence-corrected chi connectivity index (χ4v) is 3.13. The molecule has 0 aliphatic rings.